The van der Waals surface area contributed by atoms with Crippen LogP contribution in [0.1, 0.15) is 122 Å². The average molecular weight is 492 g/mol. The Morgan fingerprint density at radius 3 is 1.76 bits per heavy atom. The SMILES string of the molecule is CCCCCCCC/C=C/CCCCCCCCCCCC(=O)NCC(O)COP(=O)(O)O. The second-order valence-electron chi connectivity index (χ2n) is 8.99. The molecule has 0 saturated heterocycles. The highest BCUT2D eigenvalue weighted by atomic mass is 31.2. The van der Waals surface area contributed by atoms with Gasteiger partial charge in [0.25, 0.3) is 0 Å². The number of aliphatic hydroxyl groups is 1. The van der Waals surface area contributed by atoms with Gasteiger partial charge >= 0.3 is 7.82 Å². The van der Waals surface area contributed by atoms with Crippen molar-refractivity contribution in [3.8, 4) is 0 Å². The Labute approximate surface area is 202 Å². The molecule has 0 bridgehead atoms. The summed E-state index contributed by atoms with van der Waals surface area (Å²) >= 11 is 0. The summed E-state index contributed by atoms with van der Waals surface area (Å²) in [6.07, 6.45) is 25.3. The summed E-state index contributed by atoms with van der Waals surface area (Å²) in [7, 11) is -4.59. The van der Waals surface area contributed by atoms with E-state index in [1.54, 1.807) is 0 Å². The topological polar surface area (TPSA) is 116 Å². The normalized spacial score (nSPS) is 13.0. The smallest absolute Gasteiger partial charge is 0.389 e. The molecule has 0 aromatic carbocycles. The minimum absolute atomic E-state index is 0.0756. The molecule has 0 spiro atoms. The Morgan fingerprint density at radius 1 is 0.818 bits per heavy atom. The van der Waals surface area contributed by atoms with Crippen LogP contribution in [0.4, 0.5) is 0 Å². The van der Waals surface area contributed by atoms with Crippen LogP contribution in [-0.4, -0.2) is 40.1 Å². The van der Waals surface area contributed by atoms with Crippen LogP contribution >= 0.6 is 7.82 Å². The first-order chi connectivity index (χ1) is 15.8. The van der Waals surface area contributed by atoms with Gasteiger partial charge in [-0.2, -0.15) is 0 Å². The molecular formula is C25H50NO6P. The van der Waals surface area contributed by atoms with Gasteiger partial charge in [-0.05, 0) is 32.1 Å². The molecule has 0 saturated carbocycles. The Bertz CT molecular complexity index is 523. The van der Waals surface area contributed by atoms with E-state index in [0.29, 0.717) is 6.42 Å². The summed E-state index contributed by atoms with van der Waals surface area (Å²) in [6.45, 7) is 1.67. The average Bonchev–Trinajstić information content (AvgIpc) is 2.77. The second-order valence-corrected chi connectivity index (χ2v) is 10.2. The van der Waals surface area contributed by atoms with Gasteiger partial charge in [0.2, 0.25) is 5.91 Å². The zero-order valence-corrected chi connectivity index (χ0v) is 21.8. The Morgan fingerprint density at radius 2 is 1.27 bits per heavy atom. The van der Waals surface area contributed by atoms with E-state index < -0.39 is 20.5 Å². The van der Waals surface area contributed by atoms with Crippen LogP contribution < -0.4 is 5.32 Å². The lowest BCUT2D eigenvalue weighted by Crippen LogP contribution is -2.34. The van der Waals surface area contributed by atoms with Crippen LogP contribution in [0.15, 0.2) is 12.2 Å². The van der Waals surface area contributed by atoms with Crippen LogP contribution in [0.3, 0.4) is 0 Å². The zero-order valence-electron chi connectivity index (χ0n) is 20.9. The summed E-state index contributed by atoms with van der Waals surface area (Å²) < 4.78 is 14.7. The Balaban J connectivity index is 3.31. The Kier molecular flexibility index (Phi) is 22.5. The summed E-state index contributed by atoms with van der Waals surface area (Å²) in [6, 6.07) is 0. The first-order valence-corrected chi connectivity index (χ1v) is 14.7. The fourth-order valence-corrected chi connectivity index (χ4v) is 3.99. The van der Waals surface area contributed by atoms with Crippen LogP contribution in [-0.2, 0) is 13.9 Å². The van der Waals surface area contributed by atoms with E-state index in [9.17, 15) is 14.5 Å². The van der Waals surface area contributed by atoms with E-state index in [-0.39, 0.29) is 12.5 Å². The molecule has 0 aliphatic rings. The number of rotatable bonds is 24. The molecule has 0 aliphatic heterocycles. The van der Waals surface area contributed by atoms with Crippen molar-refractivity contribution in [3.63, 3.8) is 0 Å². The van der Waals surface area contributed by atoms with Crippen molar-refractivity contribution in [3.05, 3.63) is 12.2 Å². The maximum absolute atomic E-state index is 11.7. The molecule has 0 aliphatic carbocycles. The number of carbonyl (C=O) groups is 1. The van der Waals surface area contributed by atoms with Gasteiger partial charge in [-0.1, -0.05) is 96.1 Å². The third-order valence-electron chi connectivity index (χ3n) is 5.64. The van der Waals surface area contributed by atoms with E-state index in [2.05, 4.69) is 28.9 Å². The summed E-state index contributed by atoms with van der Waals surface area (Å²) in [5, 5.41) is 12.1. The molecule has 0 heterocycles. The molecule has 33 heavy (non-hydrogen) atoms. The zero-order chi connectivity index (χ0) is 24.6. The lowest BCUT2D eigenvalue weighted by molar-refractivity contribution is -0.121. The fraction of sp³-hybridized carbons (Fsp3) is 0.880. The van der Waals surface area contributed by atoms with Crippen molar-refractivity contribution < 1.29 is 28.8 Å². The quantitative estimate of drug-likeness (QED) is 0.0729. The van der Waals surface area contributed by atoms with Crippen molar-refractivity contribution in [2.24, 2.45) is 0 Å². The van der Waals surface area contributed by atoms with Gasteiger partial charge in [-0.3, -0.25) is 9.32 Å². The summed E-state index contributed by atoms with van der Waals surface area (Å²) in [5.41, 5.74) is 0. The van der Waals surface area contributed by atoms with E-state index >= 15 is 0 Å². The molecule has 0 aromatic rings. The van der Waals surface area contributed by atoms with Gasteiger partial charge in [-0.15, -0.1) is 0 Å². The molecule has 7 nitrogen and oxygen atoms in total. The molecule has 1 unspecified atom stereocenters. The number of hydrogen-bond donors (Lipinski definition) is 4. The molecule has 1 atom stereocenters. The van der Waals surface area contributed by atoms with Crippen molar-refractivity contribution in [2.45, 2.75) is 129 Å². The third-order valence-corrected chi connectivity index (χ3v) is 6.12. The molecule has 8 heteroatoms. The van der Waals surface area contributed by atoms with Gasteiger partial charge in [0.1, 0.15) is 0 Å². The van der Waals surface area contributed by atoms with Gasteiger partial charge in [0.15, 0.2) is 0 Å². The van der Waals surface area contributed by atoms with Gasteiger partial charge in [0, 0.05) is 13.0 Å². The number of nitrogens with one attached hydrogen (secondary N) is 1. The maximum Gasteiger partial charge on any atom is 0.469 e. The first-order valence-electron chi connectivity index (χ1n) is 13.1. The van der Waals surface area contributed by atoms with E-state index in [1.165, 1.54) is 89.9 Å². The minimum atomic E-state index is -4.59. The molecule has 4 N–H and O–H groups in total. The monoisotopic (exact) mass is 491 g/mol. The van der Waals surface area contributed by atoms with E-state index in [1.807, 2.05) is 0 Å². The van der Waals surface area contributed by atoms with Crippen LogP contribution in [0.5, 0.6) is 0 Å². The van der Waals surface area contributed by atoms with Crippen molar-refractivity contribution in [2.75, 3.05) is 13.2 Å². The lowest BCUT2D eigenvalue weighted by atomic mass is 10.1. The first kappa shape index (κ1) is 32.3. The van der Waals surface area contributed by atoms with Gasteiger partial charge in [0.05, 0.1) is 12.7 Å². The fourth-order valence-electron chi connectivity index (χ4n) is 3.63. The number of aliphatic hydroxyl groups excluding tert-OH is 1. The molecule has 0 fully saturated rings. The summed E-state index contributed by atoms with van der Waals surface area (Å²) in [4.78, 5) is 28.8. The molecule has 0 aromatic heterocycles. The van der Waals surface area contributed by atoms with Gasteiger partial charge in [-0.25, -0.2) is 4.57 Å². The highest BCUT2D eigenvalue weighted by molar-refractivity contribution is 7.46. The number of amides is 1. The molecular weight excluding hydrogens is 441 g/mol. The van der Waals surface area contributed by atoms with Crippen molar-refractivity contribution >= 4 is 13.7 Å². The Hall–Kier alpha value is -0.720. The number of unbranched alkanes of at least 4 members (excludes halogenated alkanes) is 15. The number of phosphoric acid groups is 1. The van der Waals surface area contributed by atoms with Crippen LogP contribution in [0.25, 0.3) is 0 Å². The van der Waals surface area contributed by atoms with Crippen molar-refractivity contribution in [1.82, 2.24) is 5.32 Å². The minimum Gasteiger partial charge on any atom is -0.389 e. The van der Waals surface area contributed by atoms with Gasteiger partial charge < -0.3 is 20.2 Å². The van der Waals surface area contributed by atoms with Crippen LogP contribution in [0, 0.1) is 0 Å². The number of phosphoric ester groups is 1. The maximum atomic E-state index is 11.7. The predicted molar refractivity (Wildman–Crippen MR) is 135 cm³/mol. The van der Waals surface area contributed by atoms with Crippen molar-refractivity contribution in [1.29, 1.82) is 0 Å². The number of allylic oxidation sites excluding steroid dienone is 2. The second kappa shape index (κ2) is 23.0. The number of hydrogen-bond acceptors (Lipinski definition) is 4. The summed E-state index contributed by atoms with van der Waals surface area (Å²) in [5.74, 6) is -0.161. The van der Waals surface area contributed by atoms with E-state index in [0.717, 1.165) is 19.3 Å². The molecule has 196 valence electrons. The molecule has 1 amide bonds. The highest BCUT2D eigenvalue weighted by Gasteiger charge is 2.17. The highest BCUT2D eigenvalue weighted by Crippen LogP contribution is 2.35. The number of carbonyl (C=O) groups excluding carboxylic acids is 1. The largest absolute Gasteiger partial charge is 0.469 e. The third kappa shape index (κ3) is 27.4. The molecule has 0 radical (unpaired) electrons. The molecule has 0 rings (SSSR count). The lowest BCUT2D eigenvalue weighted by Gasteiger charge is -2.12. The van der Waals surface area contributed by atoms with E-state index in [4.69, 9.17) is 9.79 Å². The predicted octanol–water partition coefficient (Wildman–Crippen LogP) is 6.17. The van der Waals surface area contributed by atoms with Crippen LogP contribution in [0.2, 0.25) is 0 Å². The standard InChI is InChI=1S/C25H50NO6P/c1-2-3-4-5-6-7-8-9-10-11-12-13-14-15-16-17-18-19-20-21-25(28)26-22-24(27)23-32-33(29,30)31/h9-10,24,27H,2-8,11-23H2,1H3,(H,26,28)(H2,29,30,31)/b10-9+.